The quantitative estimate of drug-likeness (QED) is 0.490. The molecule has 0 N–H and O–H groups in total. The van der Waals surface area contributed by atoms with E-state index in [2.05, 4.69) is 16.1 Å². The average Bonchev–Trinajstić information content (AvgIpc) is 2.04. The van der Waals surface area contributed by atoms with Crippen molar-refractivity contribution >= 4 is 17.8 Å². The number of nitrogens with zero attached hydrogens (tertiary/aromatic N) is 1. The zero-order valence-corrected chi connectivity index (χ0v) is 6.80. The molecule has 0 fully saturated rings. The van der Waals surface area contributed by atoms with Gasteiger partial charge in [0.1, 0.15) is 7.11 Å². The Balaban J connectivity index is 2.73. The molecule has 0 unspecified atom stereocenters. The minimum absolute atomic E-state index is 0.666. The lowest BCUT2D eigenvalue weighted by molar-refractivity contribution is 0.215. The zero-order chi connectivity index (χ0) is 8.10. The van der Waals surface area contributed by atoms with E-state index in [4.69, 9.17) is 11.6 Å². The van der Waals surface area contributed by atoms with Crippen molar-refractivity contribution in [1.29, 1.82) is 0 Å². The zero-order valence-electron chi connectivity index (χ0n) is 6.04. The Morgan fingerprint density at radius 2 is 2.45 bits per heavy atom. The summed E-state index contributed by atoms with van der Waals surface area (Å²) < 4.78 is 0. The Kier molecular flexibility index (Phi) is 2.93. The Morgan fingerprint density at radius 1 is 1.64 bits per heavy atom. The van der Waals surface area contributed by atoms with E-state index >= 15 is 0 Å². The van der Waals surface area contributed by atoms with Crippen molar-refractivity contribution in [3.63, 3.8) is 0 Å². The van der Waals surface area contributed by atoms with Crippen molar-refractivity contribution in [2.75, 3.05) is 7.11 Å². The van der Waals surface area contributed by atoms with Crippen LogP contribution in [0.5, 0.6) is 0 Å². The van der Waals surface area contributed by atoms with Crippen LogP contribution in [-0.4, -0.2) is 13.3 Å². The standard InChI is InChI=1S/C8H7ClNO/c1-11-10-6-7-2-4-8(9)5-3-7/h2,4-6H,1H3/b10-6+. The van der Waals surface area contributed by atoms with E-state index in [1.165, 1.54) is 7.11 Å². The summed E-state index contributed by atoms with van der Waals surface area (Å²) in [6.45, 7) is 0. The van der Waals surface area contributed by atoms with Gasteiger partial charge in [-0.1, -0.05) is 22.8 Å². The van der Waals surface area contributed by atoms with E-state index in [-0.39, 0.29) is 0 Å². The number of hydrogen-bond donors (Lipinski definition) is 0. The second-order valence-electron chi connectivity index (χ2n) is 1.88. The van der Waals surface area contributed by atoms with Gasteiger partial charge in [-0.15, -0.1) is 0 Å². The molecule has 0 saturated heterocycles. The van der Waals surface area contributed by atoms with Gasteiger partial charge in [0.15, 0.2) is 0 Å². The summed E-state index contributed by atoms with van der Waals surface area (Å²) in [5, 5.41) is 4.24. The third-order valence-electron chi connectivity index (χ3n) is 1.10. The molecule has 0 amide bonds. The van der Waals surface area contributed by atoms with Crippen molar-refractivity contribution < 1.29 is 4.84 Å². The summed E-state index contributed by atoms with van der Waals surface area (Å²) >= 11 is 5.64. The lowest BCUT2D eigenvalue weighted by atomic mass is 10.2. The van der Waals surface area contributed by atoms with E-state index in [1.54, 1.807) is 18.3 Å². The Morgan fingerprint density at radius 3 is 3.00 bits per heavy atom. The second-order valence-corrected chi connectivity index (χ2v) is 2.32. The Hall–Kier alpha value is -1.02. The third kappa shape index (κ3) is 2.60. The number of rotatable bonds is 2. The Bertz CT molecular complexity index is 243. The fraction of sp³-hybridized carbons (Fsp3) is 0.125. The SMILES string of the molecule is CO/N=C/c1[c]cc(Cl)cc1. The van der Waals surface area contributed by atoms with Crippen LogP contribution in [0.4, 0.5) is 0 Å². The molecule has 0 aliphatic heterocycles. The van der Waals surface area contributed by atoms with Crippen LogP contribution in [-0.2, 0) is 4.84 Å². The first-order valence-corrected chi connectivity index (χ1v) is 3.44. The van der Waals surface area contributed by atoms with Crippen molar-refractivity contribution in [2.45, 2.75) is 0 Å². The average molecular weight is 169 g/mol. The maximum Gasteiger partial charge on any atom is 0.106 e. The molecule has 0 bridgehead atoms. The van der Waals surface area contributed by atoms with Crippen LogP contribution in [0, 0.1) is 6.07 Å². The summed E-state index contributed by atoms with van der Waals surface area (Å²) in [7, 11) is 1.49. The van der Waals surface area contributed by atoms with E-state index in [1.807, 2.05) is 6.07 Å². The van der Waals surface area contributed by atoms with E-state index in [9.17, 15) is 0 Å². The highest BCUT2D eigenvalue weighted by molar-refractivity contribution is 6.30. The van der Waals surface area contributed by atoms with Crippen LogP contribution in [0.3, 0.4) is 0 Å². The highest BCUT2D eigenvalue weighted by Crippen LogP contribution is 2.06. The molecule has 0 aromatic heterocycles. The molecule has 0 aliphatic carbocycles. The van der Waals surface area contributed by atoms with Crippen LogP contribution in [0.1, 0.15) is 5.56 Å². The van der Waals surface area contributed by atoms with Crippen molar-refractivity contribution in [2.24, 2.45) is 5.16 Å². The van der Waals surface area contributed by atoms with Crippen LogP contribution >= 0.6 is 11.6 Å². The molecule has 0 atom stereocenters. The smallest absolute Gasteiger partial charge is 0.106 e. The maximum absolute atomic E-state index is 5.64. The number of halogens is 1. The first-order valence-electron chi connectivity index (χ1n) is 3.06. The molecule has 1 radical (unpaired) electrons. The summed E-state index contributed by atoms with van der Waals surface area (Å²) in [5.74, 6) is 0. The molecule has 0 spiro atoms. The fourth-order valence-electron chi connectivity index (χ4n) is 0.608. The van der Waals surface area contributed by atoms with Crippen LogP contribution in [0.15, 0.2) is 23.4 Å². The molecule has 1 rings (SSSR count). The molecule has 0 aliphatic rings. The molecule has 57 valence electrons. The summed E-state index contributed by atoms with van der Waals surface area (Å²) in [6.07, 6.45) is 1.57. The monoisotopic (exact) mass is 168 g/mol. The van der Waals surface area contributed by atoms with Gasteiger partial charge in [0.25, 0.3) is 0 Å². The first kappa shape index (κ1) is 8.08. The van der Waals surface area contributed by atoms with Gasteiger partial charge in [0.2, 0.25) is 0 Å². The minimum atomic E-state index is 0.666. The lowest BCUT2D eigenvalue weighted by Crippen LogP contribution is -1.80. The van der Waals surface area contributed by atoms with Crippen LogP contribution < -0.4 is 0 Å². The Labute approximate surface area is 70.4 Å². The predicted octanol–water partition coefficient (Wildman–Crippen LogP) is 2.12. The molecular weight excluding hydrogens is 162 g/mol. The molecule has 0 heterocycles. The summed E-state index contributed by atoms with van der Waals surface area (Å²) in [6, 6.07) is 8.17. The molecule has 1 aromatic rings. The van der Waals surface area contributed by atoms with Gasteiger partial charge in [-0.25, -0.2) is 0 Å². The van der Waals surface area contributed by atoms with Crippen LogP contribution in [0.25, 0.3) is 0 Å². The predicted molar refractivity (Wildman–Crippen MR) is 44.9 cm³/mol. The molecule has 1 aromatic carbocycles. The second kappa shape index (κ2) is 3.98. The van der Waals surface area contributed by atoms with Crippen molar-refractivity contribution in [3.05, 3.63) is 34.9 Å². The van der Waals surface area contributed by atoms with Crippen LogP contribution in [0.2, 0.25) is 5.02 Å². The van der Waals surface area contributed by atoms with E-state index in [0.717, 1.165) is 5.56 Å². The molecule has 11 heavy (non-hydrogen) atoms. The van der Waals surface area contributed by atoms with Gasteiger partial charge in [0.05, 0.1) is 6.21 Å². The molecule has 0 saturated carbocycles. The van der Waals surface area contributed by atoms with Crippen molar-refractivity contribution in [3.8, 4) is 0 Å². The summed E-state index contributed by atoms with van der Waals surface area (Å²) in [4.78, 5) is 4.49. The number of benzene rings is 1. The fourth-order valence-corrected chi connectivity index (χ4v) is 0.725. The number of oxime groups is 1. The highest BCUT2D eigenvalue weighted by atomic mass is 35.5. The van der Waals surface area contributed by atoms with E-state index < -0.39 is 0 Å². The largest absolute Gasteiger partial charge is 0.399 e. The number of hydrogen-bond acceptors (Lipinski definition) is 2. The third-order valence-corrected chi connectivity index (χ3v) is 1.33. The topological polar surface area (TPSA) is 21.6 Å². The summed E-state index contributed by atoms with van der Waals surface area (Å²) in [5.41, 5.74) is 0.844. The van der Waals surface area contributed by atoms with Gasteiger partial charge in [-0.05, 0) is 18.2 Å². The van der Waals surface area contributed by atoms with E-state index in [0.29, 0.717) is 5.02 Å². The van der Waals surface area contributed by atoms with Gasteiger partial charge in [0, 0.05) is 10.6 Å². The van der Waals surface area contributed by atoms with Gasteiger partial charge in [-0.2, -0.15) is 0 Å². The molecular formula is C8H7ClNO. The molecule has 3 heteroatoms. The lowest BCUT2D eigenvalue weighted by Gasteiger charge is -1.90. The van der Waals surface area contributed by atoms with Gasteiger partial charge < -0.3 is 4.84 Å². The normalized spacial score (nSPS) is 10.4. The van der Waals surface area contributed by atoms with Gasteiger partial charge in [-0.3, -0.25) is 0 Å². The first-order chi connectivity index (χ1) is 5.33. The molecule has 2 nitrogen and oxygen atoms in total. The minimum Gasteiger partial charge on any atom is -0.399 e. The maximum atomic E-state index is 5.64. The van der Waals surface area contributed by atoms with Gasteiger partial charge >= 0.3 is 0 Å². The van der Waals surface area contributed by atoms with Crippen molar-refractivity contribution in [1.82, 2.24) is 0 Å². The highest BCUT2D eigenvalue weighted by Gasteiger charge is 1.87.